The van der Waals surface area contributed by atoms with Crippen LogP contribution in [0.1, 0.15) is 36.8 Å². The van der Waals surface area contributed by atoms with E-state index in [0.717, 1.165) is 18.4 Å². The van der Waals surface area contributed by atoms with Crippen LogP contribution in [-0.4, -0.2) is 21.4 Å². The SMILES string of the molecule is CCC[C@H](C(=O)Nc1ccc(C)c(S(=O)(=O)NC)c1)c1ccccc1. The summed E-state index contributed by atoms with van der Waals surface area (Å²) < 4.78 is 26.5. The largest absolute Gasteiger partial charge is 0.326 e. The maximum atomic E-state index is 12.7. The van der Waals surface area contributed by atoms with E-state index in [1.165, 1.54) is 13.1 Å². The first kappa shape index (κ1) is 19.1. The minimum Gasteiger partial charge on any atom is -0.326 e. The molecule has 0 saturated heterocycles. The lowest BCUT2D eigenvalue weighted by Gasteiger charge is -2.17. The zero-order chi connectivity index (χ0) is 18.4. The van der Waals surface area contributed by atoms with E-state index in [2.05, 4.69) is 10.0 Å². The number of sulfonamides is 1. The number of anilines is 1. The highest BCUT2D eigenvalue weighted by Crippen LogP contribution is 2.25. The van der Waals surface area contributed by atoms with Crippen LogP contribution in [0.15, 0.2) is 53.4 Å². The van der Waals surface area contributed by atoms with Crippen molar-refractivity contribution in [1.29, 1.82) is 0 Å². The number of nitrogens with one attached hydrogen (secondary N) is 2. The second-order valence-electron chi connectivity index (χ2n) is 5.93. The molecule has 0 unspecified atom stereocenters. The number of benzene rings is 2. The van der Waals surface area contributed by atoms with E-state index in [4.69, 9.17) is 0 Å². The number of amides is 1. The van der Waals surface area contributed by atoms with E-state index >= 15 is 0 Å². The van der Waals surface area contributed by atoms with Gasteiger partial charge in [0.2, 0.25) is 15.9 Å². The Labute approximate surface area is 149 Å². The third-order valence-electron chi connectivity index (χ3n) is 4.11. The van der Waals surface area contributed by atoms with Gasteiger partial charge in [-0.15, -0.1) is 0 Å². The van der Waals surface area contributed by atoms with Gasteiger partial charge >= 0.3 is 0 Å². The van der Waals surface area contributed by atoms with Crippen LogP contribution in [0.25, 0.3) is 0 Å². The standard InChI is InChI=1S/C19H24N2O3S/c1-4-8-17(15-9-6-5-7-10-15)19(22)21-16-12-11-14(2)18(13-16)25(23,24)20-3/h5-7,9-13,17,20H,4,8H2,1-3H3,(H,21,22)/t17-/m0/s1. The number of aryl methyl sites for hydroxylation is 1. The lowest BCUT2D eigenvalue weighted by atomic mass is 9.93. The summed E-state index contributed by atoms with van der Waals surface area (Å²) in [5.74, 6) is -0.401. The molecule has 2 aromatic carbocycles. The number of carbonyl (C=O) groups is 1. The Bertz CT molecular complexity index is 833. The van der Waals surface area contributed by atoms with Crippen LogP contribution in [-0.2, 0) is 14.8 Å². The molecule has 0 saturated carbocycles. The van der Waals surface area contributed by atoms with E-state index in [9.17, 15) is 13.2 Å². The molecule has 1 atom stereocenters. The molecule has 0 aliphatic carbocycles. The van der Waals surface area contributed by atoms with Gasteiger partial charge in [0.05, 0.1) is 10.8 Å². The monoisotopic (exact) mass is 360 g/mol. The minimum atomic E-state index is -3.57. The van der Waals surface area contributed by atoms with E-state index in [1.807, 2.05) is 37.3 Å². The lowest BCUT2D eigenvalue weighted by Crippen LogP contribution is -2.22. The maximum Gasteiger partial charge on any atom is 0.240 e. The van der Waals surface area contributed by atoms with Crippen molar-refractivity contribution in [2.24, 2.45) is 0 Å². The highest BCUT2D eigenvalue weighted by molar-refractivity contribution is 7.89. The first-order chi connectivity index (χ1) is 11.9. The molecule has 0 aliphatic heterocycles. The van der Waals surface area contributed by atoms with Gasteiger partial charge in [-0.2, -0.15) is 0 Å². The first-order valence-corrected chi connectivity index (χ1v) is 9.77. The van der Waals surface area contributed by atoms with Crippen LogP contribution >= 0.6 is 0 Å². The molecule has 0 bridgehead atoms. The summed E-state index contributed by atoms with van der Waals surface area (Å²) in [4.78, 5) is 12.9. The van der Waals surface area contributed by atoms with Crippen molar-refractivity contribution in [3.8, 4) is 0 Å². The molecular formula is C19H24N2O3S. The minimum absolute atomic E-state index is 0.135. The normalized spacial score (nSPS) is 12.6. The third kappa shape index (κ3) is 4.67. The number of carbonyl (C=O) groups excluding carboxylic acids is 1. The molecule has 134 valence electrons. The second-order valence-corrected chi connectivity index (χ2v) is 7.78. The quantitative estimate of drug-likeness (QED) is 0.794. The summed E-state index contributed by atoms with van der Waals surface area (Å²) in [6, 6.07) is 14.5. The van der Waals surface area contributed by atoms with Crippen molar-refractivity contribution >= 4 is 21.6 Å². The molecule has 0 heterocycles. The van der Waals surface area contributed by atoms with Crippen molar-refractivity contribution in [1.82, 2.24) is 4.72 Å². The van der Waals surface area contributed by atoms with Crippen LogP contribution in [0.4, 0.5) is 5.69 Å². The van der Waals surface area contributed by atoms with Gasteiger partial charge in [-0.25, -0.2) is 13.1 Å². The Hall–Kier alpha value is -2.18. The van der Waals surface area contributed by atoms with Crippen LogP contribution in [0.3, 0.4) is 0 Å². The lowest BCUT2D eigenvalue weighted by molar-refractivity contribution is -0.117. The van der Waals surface area contributed by atoms with Crippen molar-refractivity contribution in [3.05, 3.63) is 59.7 Å². The smallest absolute Gasteiger partial charge is 0.240 e. The number of rotatable bonds is 7. The molecule has 0 aromatic heterocycles. The Morgan fingerprint density at radius 1 is 1.12 bits per heavy atom. The van der Waals surface area contributed by atoms with Gasteiger partial charge < -0.3 is 5.32 Å². The van der Waals surface area contributed by atoms with Crippen molar-refractivity contribution in [2.75, 3.05) is 12.4 Å². The van der Waals surface area contributed by atoms with Gasteiger partial charge in [-0.3, -0.25) is 4.79 Å². The van der Waals surface area contributed by atoms with E-state index in [-0.39, 0.29) is 16.7 Å². The summed E-state index contributed by atoms with van der Waals surface area (Å²) in [5, 5.41) is 2.86. The van der Waals surface area contributed by atoms with Crippen LogP contribution in [0.2, 0.25) is 0 Å². The fraction of sp³-hybridized carbons (Fsp3) is 0.316. The fourth-order valence-corrected chi connectivity index (χ4v) is 3.72. The van der Waals surface area contributed by atoms with Gasteiger partial charge in [0.1, 0.15) is 0 Å². The van der Waals surface area contributed by atoms with E-state index < -0.39 is 10.0 Å². The molecule has 2 N–H and O–H groups in total. The maximum absolute atomic E-state index is 12.7. The average Bonchev–Trinajstić information content (AvgIpc) is 2.61. The van der Waals surface area contributed by atoms with Crippen LogP contribution in [0.5, 0.6) is 0 Å². The molecule has 5 nitrogen and oxygen atoms in total. The van der Waals surface area contributed by atoms with Crippen molar-refractivity contribution in [3.63, 3.8) is 0 Å². The molecule has 2 aromatic rings. The molecule has 6 heteroatoms. The summed E-state index contributed by atoms with van der Waals surface area (Å²) >= 11 is 0. The van der Waals surface area contributed by atoms with Gasteiger partial charge in [0, 0.05) is 5.69 Å². The molecule has 0 radical (unpaired) electrons. The topological polar surface area (TPSA) is 75.3 Å². The van der Waals surface area contributed by atoms with Gasteiger partial charge in [0.25, 0.3) is 0 Å². The Balaban J connectivity index is 2.29. The molecule has 0 spiro atoms. The zero-order valence-corrected chi connectivity index (χ0v) is 15.6. The summed E-state index contributed by atoms with van der Waals surface area (Å²) in [6.07, 6.45) is 1.60. The number of hydrogen-bond acceptors (Lipinski definition) is 3. The van der Waals surface area contributed by atoms with Crippen LogP contribution in [0, 0.1) is 6.92 Å². The summed E-state index contributed by atoms with van der Waals surface area (Å²) in [5.41, 5.74) is 2.05. The summed E-state index contributed by atoms with van der Waals surface area (Å²) in [6.45, 7) is 3.76. The highest BCUT2D eigenvalue weighted by Gasteiger charge is 2.21. The van der Waals surface area contributed by atoms with Crippen LogP contribution < -0.4 is 10.0 Å². The number of hydrogen-bond donors (Lipinski definition) is 2. The first-order valence-electron chi connectivity index (χ1n) is 8.29. The van der Waals surface area contributed by atoms with Crippen molar-refractivity contribution in [2.45, 2.75) is 37.5 Å². The highest BCUT2D eigenvalue weighted by atomic mass is 32.2. The molecule has 0 fully saturated rings. The zero-order valence-electron chi connectivity index (χ0n) is 14.7. The molecule has 2 rings (SSSR count). The van der Waals surface area contributed by atoms with E-state index in [0.29, 0.717) is 11.3 Å². The van der Waals surface area contributed by atoms with Gasteiger partial charge in [-0.1, -0.05) is 49.7 Å². The fourth-order valence-electron chi connectivity index (χ4n) is 2.73. The Kier molecular flexibility index (Phi) is 6.33. The molecule has 1 amide bonds. The van der Waals surface area contributed by atoms with Gasteiger partial charge in [-0.05, 0) is 43.7 Å². The summed E-state index contributed by atoms with van der Waals surface area (Å²) in [7, 11) is -2.20. The van der Waals surface area contributed by atoms with Gasteiger partial charge in [0.15, 0.2) is 0 Å². The Morgan fingerprint density at radius 3 is 2.40 bits per heavy atom. The predicted molar refractivity (Wildman–Crippen MR) is 100 cm³/mol. The predicted octanol–water partition coefficient (Wildman–Crippen LogP) is 3.43. The third-order valence-corrected chi connectivity index (χ3v) is 5.67. The second kappa shape index (κ2) is 8.27. The average molecular weight is 360 g/mol. The molecule has 25 heavy (non-hydrogen) atoms. The van der Waals surface area contributed by atoms with E-state index in [1.54, 1.807) is 19.1 Å². The molecule has 0 aliphatic rings. The molecular weight excluding hydrogens is 336 g/mol. The Morgan fingerprint density at radius 2 is 1.80 bits per heavy atom. The van der Waals surface area contributed by atoms with Crippen molar-refractivity contribution < 1.29 is 13.2 Å².